The fraction of sp³-hybridized carbons (Fsp3) is 0.342. The SMILES string of the molecule is CN1C2=C(c3n[nH]c4ccc(-c5cncc(CN6CCC(F)(F)C6)c5)nc34)Nc3cccc(-c4cc(F)cc(OCCN5CCCC5)c4)c3C21. The van der Waals surface area contributed by atoms with Gasteiger partial charge in [0.15, 0.2) is 0 Å². The standard InChI is InChI=1S/C38H37F3N8O/c1-47-36-32-28(24-16-26(39)18-27(17-24)50-14-13-48-10-2-3-11-48)5-4-6-30(32)44-35(37(36)47)34-33-31(45-46-34)8-7-29(43-33)25-15-23(19-42-20-25)21-49-12-9-38(40,41)22-49/h4-8,15-20,36,44H,2-3,9-14,21-22H2,1H3,(H,45,46). The predicted octanol–water partition coefficient (Wildman–Crippen LogP) is 6.92. The van der Waals surface area contributed by atoms with Crippen molar-refractivity contribution in [2.45, 2.75) is 37.8 Å². The first-order valence-electron chi connectivity index (χ1n) is 17.2. The highest BCUT2D eigenvalue weighted by Crippen LogP contribution is 2.57. The minimum Gasteiger partial charge on any atom is -0.492 e. The van der Waals surface area contributed by atoms with Crippen LogP contribution in [0.15, 0.2) is 72.7 Å². The zero-order valence-corrected chi connectivity index (χ0v) is 27.7. The van der Waals surface area contributed by atoms with Gasteiger partial charge < -0.3 is 15.0 Å². The summed E-state index contributed by atoms with van der Waals surface area (Å²) in [5, 5.41) is 11.5. The van der Waals surface area contributed by atoms with Gasteiger partial charge in [-0.05, 0) is 79.0 Å². The van der Waals surface area contributed by atoms with E-state index >= 15 is 0 Å². The Bertz CT molecular complexity index is 2140. The number of aromatic nitrogens is 4. The molecule has 4 aliphatic rings. The molecule has 5 aromatic rings. The number of fused-ring (bicyclic) bond motifs is 4. The molecule has 1 atom stereocenters. The van der Waals surface area contributed by atoms with Crippen molar-refractivity contribution in [3.63, 3.8) is 0 Å². The molecule has 50 heavy (non-hydrogen) atoms. The predicted molar refractivity (Wildman–Crippen MR) is 186 cm³/mol. The third-order valence-electron chi connectivity index (χ3n) is 10.3. The van der Waals surface area contributed by atoms with Crippen LogP contribution in [0.25, 0.3) is 39.1 Å². The average Bonchev–Trinajstić information content (AvgIpc) is 3.51. The molecule has 3 aromatic heterocycles. The van der Waals surface area contributed by atoms with Crippen LogP contribution in [0.5, 0.6) is 5.75 Å². The van der Waals surface area contributed by atoms with Crippen LogP contribution >= 0.6 is 0 Å². The lowest BCUT2D eigenvalue weighted by Crippen LogP contribution is -2.25. The number of H-pyrrole nitrogens is 1. The van der Waals surface area contributed by atoms with Crippen molar-refractivity contribution in [1.82, 2.24) is 34.9 Å². The van der Waals surface area contributed by atoms with E-state index in [4.69, 9.17) is 14.8 Å². The van der Waals surface area contributed by atoms with Gasteiger partial charge in [-0.2, -0.15) is 5.10 Å². The van der Waals surface area contributed by atoms with Crippen molar-refractivity contribution in [3.05, 3.63) is 95.3 Å². The fourth-order valence-electron chi connectivity index (χ4n) is 7.78. The number of pyridine rings is 2. The Kier molecular flexibility index (Phi) is 7.54. The van der Waals surface area contributed by atoms with Crippen molar-refractivity contribution >= 4 is 22.4 Å². The molecule has 3 saturated heterocycles. The van der Waals surface area contributed by atoms with Crippen LogP contribution in [-0.4, -0.2) is 87.2 Å². The van der Waals surface area contributed by atoms with Crippen molar-refractivity contribution in [2.75, 3.05) is 51.7 Å². The molecule has 0 bridgehead atoms. The summed E-state index contributed by atoms with van der Waals surface area (Å²) in [4.78, 5) is 15.8. The molecule has 7 heterocycles. The lowest BCUT2D eigenvalue weighted by Gasteiger charge is -2.20. The minimum absolute atomic E-state index is 0.00553. The second-order valence-corrected chi connectivity index (χ2v) is 13.8. The largest absolute Gasteiger partial charge is 0.492 e. The first-order valence-corrected chi connectivity index (χ1v) is 17.2. The third kappa shape index (κ3) is 5.75. The van der Waals surface area contributed by atoms with Gasteiger partial charge in [0.25, 0.3) is 5.92 Å². The fourth-order valence-corrected chi connectivity index (χ4v) is 7.78. The van der Waals surface area contributed by atoms with Gasteiger partial charge in [0.2, 0.25) is 0 Å². The molecule has 1 unspecified atom stereocenters. The van der Waals surface area contributed by atoms with Gasteiger partial charge >= 0.3 is 0 Å². The average molecular weight is 679 g/mol. The number of anilines is 1. The summed E-state index contributed by atoms with van der Waals surface area (Å²) in [5.41, 5.74) is 10.3. The highest BCUT2D eigenvalue weighted by Gasteiger charge is 2.48. The summed E-state index contributed by atoms with van der Waals surface area (Å²) in [5.74, 6) is -2.44. The number of hydrogen-bond donors (Lipinski definition) is 2. The van der Waals surface area contributed by atoms with Gasteiger partial charge in [-0.3, -0.25) is 19.9 Å². The van der Waals surface area contributed by atoms with Crippen LogP contribution in [0.4, 0.5) is 18.9 Å². The summed E-state index contributed by atoms with van der Waals surface area (Å²) in [6.45, 7) is 4.09. The molecule has 0 radical (unpaired) electrons. The molecular formula is C38H37F3N8O. The van der Waals surface area contributed by atoms with E-state index in [1.807, 2.05) is 49.5 Å². The van der Waals surface area contributed by atoms with Crippen molar-refractivity contribution in [3.8, 4) is 28.1 Å². The Morgan fingerprint density at radius 1 is 0.980 bits per heavy atom. The number of rotatable bonds is 9. The summed E-state index contributed by atoms with van der Waals surface area (Å²) < 4.78 is 48.6. The Labute approximate surface area is 287 Å². The van der Waals surface area contributed by atoms with E-state index in [0.29, 0.717) is 36.7 Å². The van der Waals surface area contributed by atoms with Gasteiger partial charge in [-0.25, -0.2) is 18.2 Å². The number of alkyl halides is 2. The van der Waals surface area contributed by atoms with Gasteiger partial charge in [0.1, 0.15) is 29.4 Å². The molecule has 0 saturated carbocycles. The Hall–Kier alpha value is -4.94. The molecule has 2 aromatic carbocycles. The maximum absolute atomic E-state index is 15.0. The molecule has 0 amide bonds. The molecular weight excluding hydrogens is 641 g/mol. The van der Waals surface area contributed by atoms with E-state index in [2.05, 4.69) is 25.2 Å². The number of halogens is 3. The highest BCUT2D eigenvalue weighted by molar-refractivity contribution is 5.97. The molecule has 9 rings (SSSR count). The van der Waals surface area contributed by atoms with Crippen molar-refractivity contribution in [2.24, 2.45) is 0 Å². The number of nitrogens with zero attached hydrogens (tertiary/aromatic N) is 6. The van der Waals surface area contributed by atoms with Gasteiger partial charge in [0, 0.05) is 68.4 Å². The van der Waals surface area contributed by atoms with Crippen LogP contribution in [-0.2, 0) is 6.54 Å². The quantitative estimate of drug-likeness (QED) is 0.163. The first kappa shape index (κ1) is 31.1. The smallest absolute Gasteiger partial charge is 0.261 e. The number of likely N-dealkylation sites (N-methyl/N-ethyl adjacent to an activating group) is 1. The van der Waals surface area contributed by atoms with Crippen LogP contribution in [0.3, 0.4) is 0 Å². The summed E-state index contributed by atoms with van der Waals surface area (Å²) >= 11 is 0. The molecule has 3 fully saturated rings. The van der Waals surface area contributed by atoms with Crippen LogP contribution < -0.4 is 10.1 Å². The van der Waals surface area contributed by atoms with E-state index in [1.54, 1.807) is 23.4 Å². The summed E-state index contributed by atoms with van der Waals surface area (Å²) in [6.07, 6.45) is 5.80. The van der Waals surface area contributed by atoms with Gasteiger partial charge in [-0.15, -0.1) is 0 Å². The molecule has 12 heteroatoms. The topological polar surface area (TPSA) is 85.2 Å². The molecule has 9 nitrogen and oxygen atoms in total. The molecule has 0 spiro atoms. The van der Waals surface area contributed by atoms with Gasteiger partial charge in [-0.1, -0.05) is 12.1 Å². The van der Waals surface area contributed by atoms with Crippen LogP contribution in [0.2, 0.25) is 0 Å². The number of hydrogen-bond acceptors (Lipinski definition) is 8. The molecule has 0 aliphatic carbocycles. The highest BCUT2D eigenvalue weighted by atomic mass is 19.3. The number of aromatic amines is 1. The maximum atomic E-state index is 15.0. The van der Waals surface area contributed by atoms with Crippen LogP contribution in [0, 0.1) is 5.82 Å². The zero-order chi connectivity index (χ0) is 34.0. The number of ether oxygens (including phenoxy) is 1. The Morgan fingerprint density at radius 2 is 1.86 bits per heavy atom. The van der Waals surface area contributed by atoms with Crippen molar-refractivity contribution < 1.29 is 17.9 Å². The molecule has 2 N–H and O–H groups in total. The second kappa shape index (κ2) is 12.1. The summed E-state index contributed by atoms with van der Waals surface area (Å²) in [6, 6.07) is 16.8. The van der Waals surface area contributed by atoms with Gasteiger partial charge in [0.05, 0.1) is 35.2 Å². The number of likely N-dealkylation sites (tertiary alicyclic amines) is 2. The van der Waals surface area contributed by atoms with E-state index in [1.165, 1.54) is 18.9 Å². The van der Waals surface area contributed by atoms with E-state index in [-0.39, 0.29) is 24.8 Å². The minimum atomic E-state index is -2.64. The Morgan fingerprint density at radius 3 is 2.70 bits per heavy atom. The summed E-state index contributed by atoms with van der Waals surface area (Å²) in [7, 11) is 2.05. The monoisotopic (exact) mass is 678 g/mol. The maximum Gasteiger partial charge on any atom is 0.261 e. The lowest BCUT2D eigenvalue weighted by atomic mass is 9.93. The number of benzene rings is 2. The van der Waals surface area contributed by atoms with Crippen molar-refractivity contribution in [1.29, 1.82) is 0 Å². The zero-order valence-electron chi connectivity index (χ0n) is 27.7. The normalized spacial score (nSPS) is 19.9. The van der Waals surface area contributed by atoms with E-state index < -0.39 is 5.92 Å². The molecule has 256 valence electrons. The third-order valence-corrected chi connectivity index (χ3v) is 10.3. The van der Waals surface area contributed by atoms with E-state index in [0.717, 1.165) is 75.7 Å². The Balaban J connectivity index is 0.999. The second-order valence-electron chi connectivity index (χ2n) is 13.8. The number of nitrogens with one attached hydrogen (secondary N) is 2. The van der Waals surface area contributed by atoms with Crippen LogP contribution in [0.1, 0.15) is 42.1 Å². The van der Waals surface area contributed by atoms with E-state index in [9.17, 15) is 13.2 Å². The first-order chi connectivity index (χ1) is 24.3. The lowest BCUT2D eigenvalue weighted by molar-refractivity contribution is 0.0115. The molecule has 4 aliphatic heterocycles.